The molecule has 0 radical (unpaired) electrons. The molecule has 2 heterocycles. The van der Waals surface area contributed by atoms with Crippen molar-refractivity contribution in [3.63, 3.8) is 0 Å². The Morgan fingerprint density at radius 2 is 2.27 bits per heavy atom. The predicted octanol–water partition coefficient (Wildman–Crippen LogP) is 1.99. The zero-order valence-corrected chi connectivity index (χ0v) is 9.37. The van der Waals surface area contributed by atoms with E-state index in [1.807, 2.05) is 6.20 Å². The van der Waals surface area contributed by atoms with Gasteiger partial charge in [0.15, 0.2) is 0 Å². The first kappa shape index (κ1) is 9.40. The highest BCUT2D eigenvalue weighted by Crippen LogP contribution is 2.41. The van der Waals surface area contributed by atoms with Crippen LogP contribution < -0.4 is 5.32 Å². The summed E-state index contributed by atoms with van der Waals surface area (Å²) in [4.78, 5) is 4.59. The molecule has 2 fully saturated rings. The van der Waals surface area contributed by atoms with Crippen LogP contribution in [-0.4, -0.2) is 22.6 Å². The van der Waals surface area contributed by atoms with Crippen molar-refractivity contribution in [3.8, 4) is 0 Å². The van der Waals surface area contributed by atoms with Crippen LogP contribution >= 0.6 is 0 Å². The second-order valence-electron chi connectivity index (χ2n) is 4.90. The number of hydrogen-bond donors (Lipinski definition) is 1. The molecule has 1 saturated heterocycles. The van der Waals surface area contributed by atoms with Crippen molar-refractivity contribution in [3.05, 3.63) is 17.7 Å². The first-order chi connectivity index (χ1) is 7.36. The summed E-state index contributed by atoms with van der Waals surface area (Å²) in [5, 5.41) is 3.49. The molecule has 3 rings (SSSR count). The third kappa shape index (κ3) is 1.69. The molecular formula is C12H19N3. The second-order valence-corrected chi connectivity index (χ2v) is 4.90. The van der Waals surface area contributed by atoms with Gasteiger partial charge in [-0.1, -0.05) is 0 Å². The fourth-order valence-electron chi connectivity index (χ4n) is 2.64. The summed E-state index contributed by atoms with van der Waals surface area (Å²) in [6.45, 7) is 4.49. The van der Waals surface area contributed by atoms with Gasteiger partial charge < -0.3 is 9.88 Å². The molecule has 1 aliphatic carbocycles. The van der Waals surface area contributed by atoms with E-state index in [0.29, 0.717) is 6.04 Å². The van der Waals surface area contributed by atoms with Gasteiger partial charge in [-0.15, -0.1) is 0 Å². The van der Waals surface area contributed by atoms with Crippen molar-refractivity contribution in [2.75, 3.05) is 13.1 Å². The minimum Gasteiger partial charge on any atom is -0.328 e. The maximum atomic E-state index is 4.59. The standard InChI is InChI=1S/C12H19N3/c1-9-7-14-12(10-4-5-10)15(9)11-3-2-6-13-8-11/h7,10-11,13H,2-6,8H2,1H3/t11-/m0/s1. The van der Waals surface area contributed by atoms with Crippen LogP contribution in [0.2, 0.25) is 0 Å². The number of imidazole rings is 1. The van der Waals surface area contributed by atoms with Gasteiger partial charge >= 0.3 is 0 Å². The largest absolute Gasteiger partial charge is 0.328 e. The van der Waals surface area contributed by atoms with Gasteiger partial charge in [0.25, 0.3) is 0 Å². The van der Waals surface area contributed by atoms with E-state index in [1.54, 1.807) is 0 Å². The van der Waals surface area contributed by atoms with Crippen molar-refractivity contribution in [1.29, 1.82) is 0 Å². The zero-order valence-electron chi connectivity index (χ0n) is 9.37. The van der Waals surface area contributed by atoms with Gasteiger partial charge in [0.05, 0.1) is 0 Å². The Kier molecular flexibility index (Phi) is 2.28. The highest BCUT2D eigenvalue weighted by molar-refractivity contribution is 5.14. The van der Waals surface area contributed by atoms with E-state index in [-0.39, 0.29) is 0 Å². The fourth-order valence-corrected chi connectivity index (χ4v) is 2.64. The van der Waals surface area contributed by atoms with Crippen molar-refractivity contribution in [1.82, 2.24) is 14.9 Å². The molecule has 3 heteroatoms. The summed E-state index contributed by atoms with van der Waals surface area (Å²) in [5.41, 5.74) is 1.34. The molecule has 0 aromatic carbocycles. The minimum atomic E-state index is 0.650. The Morgan fingerprint density at radius 3 is 2.93 bits per heavy atom. The zero-order chi connectivity index (χ0) is 10.3. The molecule has 2 aliphatic rings. The molecule has 0 amide bonds. The summed E-state index contributed by atoms with van der Waals surface area (Å²) < 4.78 is 2.49. The normalized spacial score (nSPS) is 26.9. The van der Waals surface area contributed by atoms with Gasteiger partial charge in [-0.25, -0.2) is 4.98 Å². The lowest BCUT2D eigenvalue weighted by Gasteiger charge is -2.27. The molecule has 1 aromatic heterocycles. The van der Waals surface area contributed by atoms with Crippen LogP contribution in [0.4, 0.5) is 0 Å². The van der Waals surface area contributed by atoms with Crippen LogP contribution in [0, 0.1) is 6.92 Å². The molecule has 1 N–H and O–H groups in total. The summed E-state index contributed by atoms with van der Waals surface area (Å²) in [6.07, 6.45) is 7.34. The molecule has 82 valence electrons. The van der Waals surface area contributed by atoms with Crippen LogP contribution in [0.1, 0.15) is 49.2 Å². The van der Waals surface area contributed by atoms with Gasteiger partial charge in [-0.3, -0.25) is 0 Å². The molecule has 15 heavy (non-hydrogen) atoms. The van der Waals surface area contributed by atoms with Crippen molar-refractivity contribution < 1.29 is 0 Å². The topological polar surface area (TPSA) is 29.9 Å². The Balaban J connectivity index is 1.90. The van der Waals surface area contributed by atoms with Crippen molar-refractivity contribution in [2.24, 2.45) is 0 Å². The molecule has 1 atom stereocenters. The number of piperidine rings is 1. The smallest absolute Gasteiger partial charge is 0.112 e. The summed E-state index contributed by atoms with van der Waals surface area (Å²) in [7, 11) is 0. The van der Waals surface area contributed by atoms with E-state index < -0.39 is 0 Å². The number of aryl methyl sites for hydroxylation is 1. The maximum absolute atomic E-state index is 4.59. The molecular weight excluding hydrogens is 186 g/mol. The van der Waals surface area contributed by atoms with Crippen LogP contribution in [0.15, 0.2) is 6.20 Å². The number of nitrogens with one attached hydrogen (secondary N) is 1. The second kappa shape index (κ2) is 3.63. The molecule has 0 spiro atoms. The Morgan fingerprint density at radius 1 is 1.40 bits per heavy atom. The van der Waals surface area contributed by atoms with E-state index in [2.05, 4.69) is 21.8 Å². The lowest BCUT2D eigenvalue weighted by Crippen LogP contribution is -2.32. The van der Waals surface area contributed by atoms with Crippen LogP contribution in [0.3, 0.4) is 0 Å². The lowest BCUT2D eigenvalue weighted by molar-refractivity contribution is 0.359. The SMILES string of the molecule is Cc1cnc(C2CC2)n1[C@H]1CCCNC1. The quantitative estimate of drug-likeness (QED) is 0.800. The molecule has 0 unspecified atom stereocenters. The number of rotatable bonds is 2. The number of nitrogens with zero attached hydrogens (tertiary/aromatic N) is 2. The molecule has 3 nitrogen and oxygen atoms in total. The van der Waals surface area contributed by atoms with E-state index in [9.17, 15) is 0 Å². The van der Waals surface area contributed by atoms with Crippen LogP contribution in [0.25, 0.3) is 0 Å². The Labute approximate surface area is 90.9 Å². The summed E-state index contributed by atoms with van der Waals surface area (Å²) >= 11 is 0. The summed E-state index contributed by atoms with van der Waals surface area (Å²) in [5.74, 6) is 2.11. The first-order valence-corrected chi connectivity index (χ1v) is 6.10. The first-order valence-electron chi connectivity index (χ1n) is 6.10. The van der Waals surface area contributed by atoms with Gasteiger partial charge in [0, 0.05) is 30.4 Å². The molecule has 1 saturated carbocycles. The van der Waals surface area contributed by atoms with Crippen molar-refractivity contribution >= 4 is 0 Å². The Bertz CT molecular complexity index is 346. The average molecular weight is 205 g/mol. The minimum absolute atomic E-state index is 0.650. The van der Waals surface area contributed by atoms with E-state index in [0.717, 1.165) is 12.5 Å². The highest BCUT2D eigenvalue weighted by atomic mass is 15.1. The van der Waals surface area contributed by atoms with Gasteiger partial charge in [-0.05, 0) is 39.2 Å². The van der Waals surface area contributed by atoms with E-state index in [1.165, 1.54) is 43.7 Å². The monoisotopic (exact) mass is 205 g/mol. The van der Waals surface area contributed by atoms with Crippen molar-refractivity contribution in [2.45, 2.75) is 44.6 Å². The van der Waals surface area contributed by atoms with Gasteiger partial charge in [0.2, 0.25) is 0 Å². The van der Waals surface area contributed by atoms with E-state index in [4.69, 9.17) is 0 Å². The lowest BCUT2D eigenvalue weighted by atomic mass is 10.1. The third-order valence-electron chi connectivity index (χ3n) is 3.59. The maximum Gasteiger partial charge on any atom is 0.112 e. The van der Waals surface area contributed by atoms with Crippen LogP contribution in [-0.2, 0) is 0 Å². The molecule has 0 bridgehead atoms. The fraction of sp³-hybridized carbons (Fsp3) is 0.750. The van der Waals surface area contributed by atoms with Crippen LogP contribution in [0.5, 0.6) is 0 Å². The van der Waals surface area contributed by atoms with Gasteiger partial charge in [0.1, 0.15) is 5.82 Å². The number of hydrogen-bond acceptors (Lipinski definition) is 2. The summed E-state index contributed by atoms with van der Waals surface area (Å²) in [6, 6.07) is 0.650. The van der Waals surface area contributed by atoms with Gasteiger partial charge in [-0.2, -0.15) is 0 Å². The third-order valence-corrected chi connectivity index (χ3v) is 3.59. The van der Waals surface area contributed by atoms with E-state index >= 15 is 0 Å². The molecule has 1 aliphatic heterocycles. The number of aromatic nitrogens is 2. The average Bonchev–Trinajstić information content (AvgIpc) is 3.04. The molecule has 1 aromatic rings. The predicted molar refractivity (Wildman–Crippen MR) is 60.1 cm³/mol. The highest BCUT2D eigenvalue weighted by Gasteiger charge is 2.31. The Hall–Kier alpha value is -0.830.